The van der Waals surface area contributed by atoms with Gasteiger partial charge in [-0.2, -0.15) is 0 Å². The molecule has 1 saturated heterocycles. The summed E-state index contributed by atoms with van der Waals surface area (Å²) in [6.07, 6.45) is 5.16. The third-order valence-electron chi connectivity index (χ3n) is 5.31. The molecule has 1 fully saturated rings. The van der Waals surface area contributed by atoms with Crippen LogP contribution in [0.25, 0.3) is 10.9 Å². The lowest BCUT2D eigenvalue weighted by molar-refractivity contribution is -0.143. The van der Waals surface area contributed by atoms with Crippen molar-refractivity contribution in [3.63, 3.8) is 0 Å². The largest absolute Gasteiger partial charge is 0.480 e. The van der Waals surface area contributed by atoms with E-state index in [0.29, 0.717) is 43.2 Å². The van der Waals surface area contributed by atoms with E-state index in [1.165, 1.54) is 6.07 Å². The average molecular weight is 395 g/mol. The van der Waals surface area contributed by atoms with Crippen LogP contribution in [-0.4, -0.2) is 67.8 Å². The number of hydrogen-bond donors (Lipinski definition) is 2. The molecular weight excluding hydrogens is 374 g/mol. The summed E-state index contributed by atoms with van der Waals surface area (Å²) < 4.78 is 1.78. The van der Waals surface area contributed by atoms with Crippen LogP contribution >= 0.6 is 0 Å². The summed E-state index contributed by atoms with van der Waals surface area (Å²) >= 11 is 0. The van der Waals surface area contributed by atoms with Crippen molar-refractivity contribution in [3.05, 3.63) is 54.0 Å². The maximum absolute atomic E-state index is 12.2. The first-order chi connectivity index (χ1) is 14.0. The number of carboxylic acid groups (broad SMARTS) is 2. The molecule has 2 aromatic heterocycles. The molecule has 9 heteroatoms. The molecule has 1 aliphatic rings. The lowest BCUT2D eigenvalue weighted by atomic mass is 10.0. The Balaban J connectivity index is 1.62. The van der Waals surface area contributed by atoms with Gasteiger partial charge in [-0.15, -0.1) is 0 Å². The lowest BCUT2D eigenvalue weighted by Gasteiger charge is -2.37. The van der Waals surface area contributed by atoms with E-state index in [2.05, 4.69) is 9.97 Å². The van der Waals surface area contributed by atoms with E-state index in [9.17, 15) is 19.8 Å². The molecule has 4 rings (SSSR count). The van der Waals surface area contributed by atoms with E-state index in [0.717, 1.165) is 5.39 Å². The summed E-state index contributed by atoms with van der Waals surface area (Å²) in [5.41, 5.74) is 1.53. The number of aryl methyl sites for hydroxylation is 1. The highest BCUT2D eigenvalue weighted by Crippen LogP contribution is 2.31. The molecule has 0 unspecified atom stereocenters. The van der Waals surface area contributed by atoms with E-state index < -0.39 is 18.0 Å². The number of aliphatic carboxylic acids is 1. The van der Waals surface area contributed by atoms with Gasteiger partial charge in [0.2, 0.25) is 5.95 Å². The van der Waals surface area contributed by atoms with E-state index in [-0.39, 0.29) is 5.56 Å². The van der Waals surface area contributed by atoms with Crippen LogP contribution in [0.5, 0.6) is 0 Å². The van der Waals surface area contributed by atoms with Crippen LogP contribution in [0.4, 0.5) is 5.95 Å². The first kappa shape index (κ1) is 18.9. The summed E-state index contributed by atoms with van der Waals surface area (Å²) in [5, 5.41) is 20.0. The highest BCUT2D eigenvalue weighted by atomic mass is 16.4. The molecule has 0 saturated carbocycles. The second-order valence-corrected chi connectivity index (χ2v) is 7.05. The fourth-order valence-corrected chi connectivity index (χ4v) is 3.89. The standard InChI is InChI=1S/C20H21N5O4/c1-23-12-15(14-4-3-13(18(26)27)11-16(14)23)17(19(28)29)24-7-9-25(10-8-24)20-21-5-2-6-22-20/h2-6,11-12,17H,7-10H2,1H3,(H,26,27)(H,28,29)/t17-/m1/s1. The number of carbonyl (C=O) groups is 2. The SMILES string of the molecule is Cn1cc([C@H](C(=O)O)N2CCN(c3ncccn3)CC2)c2ccc(C(=O)O)cc21. The predicted octanol–water partition coefficient (Wildman–Crippen LogP) is 1.61. The number of piperazine rings is 1. The Morgan fingerprint density at radius 2 is 1.76 bits per heavy atom. The number of rotatable bonds is 5. The molecule has 0 amide bonds. The van der Waals surface area contributed by atoms with Gasteiger partial charge in [-0.1, -0.05) is 6.07 Å². The fraction of sp³-hybridized carbons (Fsp3) is 0.300. The van der Waals surface area contributed by atoms with Crippen LogP contribution in [-0.2, 0) is 11.8 Å². The quantitative estimate of drug-likeness (QED) is 0.670. The average Bonchev–Trinajstić information content (AvgIpc) is 3.05. The summed E-state index contributed by atoms with van der Waals surface area (Å²) in [6, 6.07) is 5.73. The van der Waals surface area contributed by atoms with Crippen LogP contribution in [0.2, 0.25) is 0 Å². The van der Waals surface area contributed by atoms with Gasteiger partial charge < -0.3 is 19.7 Å². The van der Waals surface area contributed by atoms with Crippen LogP contribution in [0.3, 0.4) is 0 Å². The second kappa shape index (κ2) is 7.51. The van der Waals surface area contributed by atoms with Crippen molar-refractivity contribution in [1.82, 2.24) is 19.4 Å². The molecule has 1 aliphatic heterocycles. The Bertz CT molecular complexity index is 1060. The minimum absolute atomic E-state index is 0.175. The van der Waals surface area contributed by atoms with Gasteiger partial charge in [0, 0.05) is 68.3 Å². The number of nitrogens with zero attached hydrogens (tertiary/aromatic N) is 5. The minimum atomic E-state index is -1.01. The molecule has 150 valence electrons. The molecule has 0 bridgehead atoms. The van der Waals surface area contributed by atoms with Crippen LogP contribution < -0.4 is 4.90 Å². The first-order valence-corrected chi connectivity index (χ1v) is 9.27. The predicted molar refractivity (Wildman–Crippen MR) is 106 cm³/mol. The molecule has 29 heavy (non-hydrogen) atoms. The smallest absolute Gasteiger partial charge is 0.335 e. The maximum atomic E-state index is 12.2. The van der Waals surface area contributed by atoms with Crippen molar-refractivity contribution >= 4 is 28.8 Å². The highest BCUT2D eigenvalue weighted by molar-refractivity contribution is 5.96. The zero-order chi connectivity index (χ0) is 20.5. The fourth-order valence-electron chi connectivity index (χ4n) is 3.89. The first-order valence-electron chi connectivity index (χ1n) is 9.27. The molecule has 1 aromatic carbocycles. The van der Waals surface area contributed by atoms with Crippen molar-refractivity contribution in [2.45, 2.75) is 6.04 Å². The third kappa shape index (κ3) is 3.52. The highest BCUT2D eigenvalue weighted by Gasteiger charge is 2.33. The molecule has 0 spiro atoms. The number of fused-ring (bicyclic) bond motifs is 1. The molecule has 3 aromatic rings. The summed E-state index contributed by atoms with van der Waals surface area (Å²) in [4.78, 5) is 36.0. The van der Waals surface area contributed by atoms with E-state index in [4.69, 9.17) is 0 Å². The van der Waals surface area contributed by atoms with E-state index in [1.807, 2.05) is 9.80 Å². The minimum Gasteiger partial charge on any atom is -0.480 e. The van der Waals surface area contributed by atoms with Crippen molar-refractivity contribution in [2.24, 2.45) is 7.05 Å². The molecule has 0 aliphatic carbocycles. The Kier molecular flexibility index (Phi) is 4.89. The van der Waals surface area contributed by atoms with Gasteiger partial charge in [-0.3, -0.25) is 9.69 Å². The van der Waals surface area contributed by atoms with Gasteiger partial charge in [0.25, 0.3) is 0 Å². The van der Waals surface area contributed by atoms with Gasteiger partial charge in [0.15, 0.2) is 0 Å². The summed E-state index contributed by atoms with van der Waals surface area (Å²) in [5.74, 6) is -1.29. The summed E-state index contributed by atoms with van der Waals surface area (Å²) in [6.45, 7) is 2.36. The van der Waals surface area contributed by atoms with Crippen molar-refractivity contribution in [1.29, 1.82) is 0 Å². The summed E-state index contributed by atoms with van der Waals surface area (Å²) in [7, 11) is 1.79. The molecule has 2 N–H and O–H groups in total. The monoisotopic (exact) mass is 395 g/mol. The second-order valence-electron chi connectivity index (χ2n) is 7.05. The molecular formula is C20H21N5O4. The zero-order valence-electron chi connectivity index (χ0n) is 15.9. The Hall–Kier alpha value is -3.46. The molecule has 3 heterocycles. The number of benzene rings is 1. The third-order valence-corrected chi connectivity index (χ3v) is 5.31. The van der Waals surface area contributed by atoms with Gasteiger partial charge >= 0.3 is 11.9 Å². The molecule has 9 nitrogen and oxygen atoms in total. The number of carboxylic acids is 2. The zero-order valence-corrected chi connectivity index (χ0v) is 15.9. The van der Waals surface area contributed by atoms with Crippen LogP contribution in [0.15, 0.2) is 42.9 Å². The number of aromatic carboxylic acids is 1. The number of anilines is 1. The molecule has 0 radical (unpaired) electrons. The van der Waals surface area contributed by atoms with Gasteiger partial charge in [0.1, 0.15) is 6.04 Å². The van der Waals surface area contributed by atoms with E-state index in [1.54, 1.807) is 48.4 Å². The van der Waals surface area contributed by atoms with Crippen LogP contribution in [0.1, 0.15) is 22.0 Å². The number of aromatic nitrogens is 3. The van der Waals surface area contributed by atoms with Crippen molar-refractivity contribution < 1.29 is 19.8 Å². The Morgan fingerprint density at radius 3 is 2.38 bits per heavy atom. The van der Waals surface area contributed by atoms with Gasteiger partial charge in [-0.05, 0) is 18.2 Å². The van der Waals surface area contributed by atoms with Gasteiger partial charge in [0.05, 0.1) is 5.56 Å². The normalized spacial score (nSPS) is 16.1. The lowest BCUT2D eigenvalue weighted by Crippen LogP contribution is -2.49. The Labute approximate surface area is 166 Å². The topological polar surface area (TPSA) is 112 Å². The number of hydrogen-bond acceptors (Lipinski definition) is 6. The van der Waals surface area contributed by atoms with Crippen LogP contribution in [0, 0.1) is 0 Å². The van der Waals surface area contributed by atoms with Gasteiger partial charge in [-0.25, -0.2) is 14.8 Å². The molecule has 1 atom stereocenters. The van der Waals surface area contributed by atoms with E-state index >= 15 is 0 Å². The Morgan fingerprint density at radius 1 is 1.07 bits per heavy atom. The van der Waals surface area contributed by atoms with Crippen molar-refractivity contribution in [3.8, 4) is 0 Å². The van der Waals surface area contributed by atoms with Crippen molar-refractivity contribution in [2.75, 3.05) is 31.1 Å². The maximum Gasteiger partial charge on any atom is 0.335 e.